The van der Waals surface area contributed by atoms with Gasteiger partial charge in [0, 0.05) is 12.6 Å². The molecule has 13 heavy (non-hydrogen) atoms. The third-order valence-electron chi connectivity index (χ3n) is 2.47. The van der Waals surface area contributed by atoms with Crippen LogP contribution in [0.25, 0.3) is 0 Å². The van der Waals surface area contributed by atoms with Crippen molar-refractivity contribution in [1.82, 2.24) is 5.32 Å². The van der Waals surface area contributed by atoms with E-state index in [-0.39, 0.29) is 0 Å². The topological polar surface area (TPSA) is 12.0 Å². The maximum atomic E-state index is 3.50. The van der Waals surface area contributed by atoms with Gasteiger partial charge in [-0.1, -0.05) is 44.2 Å². The molecule has 0 fully saturated rings. The average Bonchev–Trinajstić information content (AvgIpc) is 2.15. The van der Waals surface area contributed by atoms with Gasteiger partial charge in [0.25, 0.3) is 0 Å². The Labute approximate surface area is 81.2 Å². The molecule has 0 spiro atoms. The molecule has 0 saturated heterocycles. The summed E-state index contributed by atoms with van der Waals surface area (Å²) in [5.74, 6) is 0.698. The van der Waals surface area contributed by atoms with Crippen LogP contribution in [-0.4, -0.2) is 6.04 Å². The van der Waals surface area contributed by atoms with Crippen molar-refractivity contribution >= 4 is 0 Å². The SMILES string of the molecule is CC(C)[C@H](C)NCc1ccccc1. The Hall–Kier alpha value is -0.820. The molecule has 0 radical (unpaired) electrons. The molecule has 0 unspecified atom stereocenters. The number of nitrogens with one attached hydrogen (secondary N) is 1. The molecule has 0 aliphatic heterocycles. The number of benzene rings is 1. The van der Waals surface area contributed by atoms with Crippen LogP contribution in [0.3, 0.4) is 0 Å². The second-order valence-corrected chi connectivity index (χ2v) is 3.90. The van der Waals surface area contributed by atoms with Gasteiger partial charge in [-0.05, 0) is 18.4 Å². The molecule has 1 aromatic carbocycles. The highest BCUT2D eigenvalue weighted by molar-refractivity contribution is 5.14. The first-order valence-electron chi connectivity index (χ1n) is 4.97. The minimum atomic E-state index is 0.584. The van der Waals surface area contributed by atoms with Gasteiger partial charge < -0.3 is 5.32 Å². The van der Waals surface area contributed by atoms with Crippen LogP contribution >= 0.6 is 0 Å². The lowest BCUT2D eigenvalue weighted by atomic mass is 10.1. The van der Waals surface area contributed by atoms with Gasteiger partial charge in [-0.3, -0.25) is 0 Å². The molecular weight excluding hydrogens is 158 g/mol. The molecule has 0 aromatic heterocycles. The second-order valence-electron chi connectivity index (χ2n) is 3.90. The Morgan fingerprint density at radius 1 is 1.08 bits per heavy atom. The van der Waals surface area contributed by atoms with Gasteiger partial charge in [0.2, 0.25) is 0 Å². The van der Waals surface area contributed by atoms with Crippen molar-refractivity contribution in [1.29, 1.82) is 0 Å². The molecule has 0 aliphatic carbocycles. The largest absolute Gasteiger partial charge is 0.310 e. The Bertz CT molecular complexity index is 228. The Morgan fingerprint density at radius 2 is 1.69 bits per heavy atom. The van der Waals surface area contributed by atoms with E-state index >= 15 is 0 Å². The Morgan fingerprint density at radius 3 is 2.23 bits per heavy atom. The van der Waals surface area contributed by atoms with E-state index in [4.69, 9.17) is 0 Å². The second kappa shape index (κ2) is 5.03. The highest BCUT2D eigenvalue weighted by Gasteiger charge is 2.04. The fourth-order valence-electron chi connectivity index (χ4n) is 1.11. The van der Waals surface area contributed by atoms with Crippen molar-refractivity contribution in [3.05, 3.63) is 35.9 Å². The molecule has 0 saturated carbocycles. The third kappa shape index (κ3) is 3.60. The molecule has 1 N–H and O–H groups in total. The zero-order chi connectivity index (χ0) is 9.68. The molecule has 72 valence electrons. The summed E-state index contributed by atoms with van der Waals surface area (Å²) in [4.78, 5) is 0. The molecule has 1 atom stereocenters. The first kappa shape index (κ1) is 10.3. The zero-order valence-electron chi connectivity index (χ0n) is 8.75. The van der Waals surface area contributed by atoms with Crippen LogP contribution in [-0.2, 0) is 6.54 Å². The van der Waals surface area contributed by atoms with Crippen LogP contribution in [0.5, 0.6) is 0 Å². The summed E-state index contributed by atoms with van der Waals surface area (Å²) in [5, 5.41) is 3.50. The quantitative estimate of drug-likeness (QED) is 0.745. The summed E-state index contributed by atoms with van der Waals surface area (Å²) in [6, 6.07) is 11.1. The highest BCUT2D eigenvalue weighted by atomic mass is 14.9. The normalized spacial score (nSPS) is 13.2. The van der Waals surface area contributed by atoms with E-state index < -0.39 is 0 Å². The van der Waals surface area contributed by atoms with E-state index in [0.717, 1.165) is 6.54 Å². The van der Waals surface area contributed by atoms with E-state index in [9.17, 15) is 0 Å². The van der Waals surface area contributed by atoms with Gasteiger partial charge in [-0.2, -0.15) is 0 Å². The molecular formula is C12H19N. The van der Waals surface area contributed by atoms with Crippen molar-refractivity contribution in [2.24, 2.45) is 5.92 Å². The predicted molar refractivity (Wildman–Crippen MR) is 57.6 cm³/mol. The van der Waals surface area contributed by atoms with Gasteiger partial charge in [0.15, 0.2) is 0 Å². The maximum Gasteiger partial charge on any atom is 0.0208 e. The molecule has 1 nitrogen and oxygen atoms in total. The van der Waals surface area contributed by atoms with E-state index in [0.29, 0.717) is 12.0 Å². The molecule has 0 amide bonds. The van der Waals surface area contributed by atoms with Crippen molar-refractivity contribution in [2.45, 2.75) is 33.4 Å². The lowest BCUT2D eigenvalue weighted by Crippen LogP contribution is -2.30. The van der Waals surface area contributed by atoms with Gasteiger partial charge in [-0.15, -0.1) is 0 Å². The predicted octanol–water partition coefficient (Wildman–Crippen LogP) is 2.82. The monoisotopic (exact) mass is 177 g/mol. The van der Waals surface area contributed by atoms with Crippen LogP contribution in [0.4, 0.5) is 0 Å². The number of rotatable bonds is 4. The number of hydrogen-bond donors (Lipinski definition) is 1. The molecule has 0 aliphatic rings. The lowest BCUT2D eigenvalue weighted by Gasteiger charge is -2.17. The van der Waals surface area contributed by atoms with Crippen molar-refractivity contribution in [3.63, 3.8) is 0 Å². The molecule has 1 heteroatoms. The Kier molecular flexibility index (Phi) is 3.97. The zero-order valence-corrected chi connectivity index (χ0v) is 8.75. The number of hydrogen-bond acceptors (Lipinski definition) is 1. The molecule has 1 rings (SSSR count). The van der Waals surface area contributed by atoms with Crippen molar-refractivity contribution in [3.8, 4) is 0 Å². The fraction of sp³-hybridized carbons (Fsp3) is 0.500. The lowest BCUT2D eigenvalue weighted by molar-refractivity contribution is 0.426. The molecule has 1 aromatic rings. The standard InChI is InChI=1S/C12H19N/c1-10(2)11(3)13-9-12-7-5-4-6-8-12/h4-8,10-11,13H,9H2,1-3H3/t11-/m0/s1. The van der Waals surface area contributed by atoms with Crippen LogP contribution in [0.2, 0.25) is 0 Å². The van der Waals surface area contributed by atoms with E-state index in [2.05, 4.69) is 56.4 Å². The highest BCUT2D eigenvalue weighted by Crippen LogP contribution is 2.03. The van der Waals surface area contributed by atoms with Crippen LogP contribution < -0.4 is 5.32 Å². The van der Waals surface area contributed by atoms with Gasteiger partial charge in [0.05, 0.1) is 0 Å². The Balaban J connectivity index is 2.35. The van der Waals surface area contributed by atoms with E-state index in [1.54, 1.807) is 0 Å². The van der Waals surface area contributed by atoms with E-state index in [1.807, 2.05) is 0 Å². The third-order valence-corrected chi connectivity index (χ3v) is 2.47. The summed E-state index contributed by atoms with van der Waals surface area (Å²) in [6.45, 7) is 7.68. The van der Waals surface area contributed by atoms with Crippen LogP contribution in [0.1, 0.15) is 26.3 Å². The van der Waals surface area contributed by atoms with Gasteiger partial charge >= 0.3 is 0 Å². The smallest absolute Gasteiger partial charge is 0.0208 e. The first-order chi connectivity index (χ1) is 6.20. The van der Waals surface area contributed by atoms with Gasteiger partial charge in [0.1, 0.15) is 0 Å². The van der Waals surface area contributed by atoms with Crippen LogP contribution in [0, 0.1) is 5.92 Å². The summed E-state index contributed by atoms with van der Waals surface area (Å²) in [6.07, 6.45) is 0. The van der Waals surface area contributed by atoms with Gasteiger partial charge in [-0.25, -0.2) is 0 Å². The van der Waals surface area contributed by atoms with Crippen molar-refractivity contribution in [2.75, 3.05) is 0 Å². The first-order valence-corrected chi connectivity index (χ1v) is 4.97. The average molecular weight is 177 g/mol. The minimum absolute atomic E-state index is 0.584. The fourth-order valence-corrected chi connectivity index (χ4v) is 1.11. The van der Waals surface area contributed by atoms with Crippen LogP contribution in [0.15, 0.2) is 30.3 Å². The van der Waals surface area contributed by atoms with E-state index in [1.165, 1.54) is 5.56 Å². The van der Waals surface area contributed by atoms with Crippen molar-refractivity contribution < 1.29 is 0 Å². The summed E-state index contributed by atoms with van der Waals surface area (Å²) >= 11 is 0. The molecule has 0 bridgehead atoms. The molecule has 0 heterocycles. The summed E-state index contributed by atoms with van der Waals surface area (Å²) < 4.78 is 0. The summed E-state index contributed by atoms with van der Waals surface area (Å²) in [5.41, 5.74) is 1.36. The summed E-state index contributed by atoms with van der Waals surface area (Å²) in [7, 11) is 0. The minimum Gasteiger partial charge on any atom is -0.310 e. The maximum absolute atomic E-state index is 3.50.